The number of hydrogen-bond acceptors (Lipinski definition) is 7. The van der Waals surface area contributed by atoms with Gasteiger partial charge < -0.3 is 15.1 Å². The van der Waals surface area contributed by atoms with Gasteiger partial charge in [0.2, 0.25) is 5.71 Å². The van der Waals surface area contributed by atoms with Gasteiger partial charge in [-0.2, -0.15) is 4.98 Å². The number of amides is 1. The fourth-order valence-electron chi connectivity index (χ4n) is 2.78. The minimum absolute atomic E-state index is 0.0250. The van der Waals surface area contributed by atoms with Gasteiger partial charge in [-0.05, 0) is 39.7 Å². The first-order valence-electron chi connectivity index (χ1n) is 8.53. The molecule has 1 fully saturated rings. The molecule has 0 unspecified atom stereocenters. The van der Waals surface area contributed by atoms with Crippen LogP contribution in [-0.2, 0) is 6.54 Å². The molecule has 2 N–H and O–H groups in total. The molecule has 0 aromatic carbocycles. The smallest absolute Gasteiger partial charge is 0.255 e. The van der Waals surface area contributed by atoms with Crippen LogP contribution in [0.1, 0.15) is 47.3 Å². The molecule has 26 heavy (non-hydrogen) atoms. The summed E-state index contributed by atoms with van der Waals surface area (Å²) in [7, 11) is 0. The van der Waals surface area contributed by atoms with Crippen LogP contribution in [0.15, 0.2) is 23.1 Å². The molecule has 1 aliphatic carbocycles. The van der Waals surface area contributed by atoms with Crippen molar-refractivity contribution in [3.05, 3.63) is 41.4 Å². The highest BCUT2D eigenvalue weighted by atomic mass is 16.3. The van der Waals surface area contributed by atoms with E-state index >= 15 is 0 Å². The van der Waals surface area contributed by atoms with Gasteiger partial charge in [-0.15, -0.1) is 0 Å². The first-order valence-corrected chi connectivity index (χ1v) is 8.53. The zero-order valence-electron chi connectivity index (χ0n) is 15.0. The van der Waals surface area contributed by atoms with Crippen LogP contribution in [0.5, 0.6) is 0 Å². The summed E-state index contributed by atoms with van der Waals surface area (Å²) in [5.74, 6) is 0.989. The molecule has 134 valence electrons. The van der Waals surface area contributed by atoms with Crippen molar-refractivity contribution in [3.63, 3.8) is 0 Å². The van der Waals surface area contributed by atoms with Crippen molar-refractivity contribution in [1.29, 1.82) is 0 Å². The topological polar surface area (TPSA) is 106 Å². The second-order valence-electron chi connectivity index (χ2n) is 6.97. The van der Waals surface area contributed by atoms with Gasteiger partial charge >= 0.3 is 0 Å². The molecule has 1 aliphatic rings. The number of nitrogens with zero attached hydrogens (tertiary/aromatic N) is 4. The molecule has 0 atom stereocenters. The monoisotopic (exact) mass is 352 g/mol. The number of anilines is 1. The SMILES string of the molecule is Cc1cc(CNC(=O)c2coc3nc(C)nc(NC4(C)CC4)c23)ncn1. The minimum Gasteiger partial charge on any atom is -0.445 e. The normalized spacial score (nSPS) is 15.0. The summed E-state index contributed by atoms with van der Waals surface area (Å²) in [5.41, 5.74) is 2.45. The number of hydrogen-bond donors (Lipinski definition) is 2. The largest absolute Gasteiger partial charge is 0.445 e. The zero-order valence-corrected chi connectivity index (χ0v) is 15.0. The van der Waals surface area contributed by atoms with E-state index in [1.807, 2.05) is 13.0 Å². The Labute approximate surface area is 150 Å². The molecule has 8 heteroatoms. The predicted octanol–water partition coefficient (Wildman–Crippen LogP) is 2.52. The lowest BCUT2D eigenvalue weighted by Gasteiger charge is -2.14. The third-order valence-corrected chi connectivity index (χ3v) is 4.50. The van der Waals surface area contributed by atoms with Crippen LogP contribution in [0.3, 0.4) is 0 Å². The van der Waals surface area contributed by atoms with Gasteiger partial charge in [-0.1, -0.05) is 0 Å². The van der Waals surface area contributed by atoms with Crippen LogP contribution < -0.4 is 10.6 Å². The van der Waals surface area contributed by atoms with E-state index in [0.717, 1.165) is 24.2 Å². The summed E-state index contributed by atoms with van der Waals surface area (Å²) >= 11 is 0. The Kier molecular flexibility index (Phi) is 3.82. The van der Waals surface area contributed by atoms with Crippen molar-refractivity contribution in [2.45, 2.75) is 45.7 Å². The predicted molar refractivity (Wildman–Crippen MR) is 95.7 cm³/mol. The highest BCUT2D eigenvalue weighted by molar-refractivity contribution is 6.08. The van der Waals surface area contributed by atoms with Gasteiger partial charge in [0.15, 0.2) is 0 Å². The van der Waals surface area contributed by atoms with Gasteiger partial charge in [0.25, 0.3) is 5.91 Å². The molecule has 0 radical (unpaired) electrons. The maximum absolute atomic E-state index is 12.7. The van der Waals surface area contributed by atoms with Gasteiger partial charge in [-0.3, -0.25) is 4.79 Å². The summed E-state index contributed by atoms with van der Waals surface area (Å²) in [6.45, 7) is 6.13. The van der Waals surface area contributed by atoms with Crippen LogP contribution in [-0.4, -0.2) is 31.4 Å². The Morgan fingerprint density at radius 2 is 2.08 bits per heavy atom. The Balaban J connectivity index is 1.62. The second-order valence-corrected chi connectivity index (χ2v) is 6.97. The molecular formula is C18H20N6O2. The number of rotatable bonds is 5. The molecule has 3 heterocycles. The summed E-state index contributed by atoms with van der Waals surface area (Å²) in [6, 6.07) is 1.83. The highest BCUT2D eigenvalue weighted by Gasteiger charge is 2.38. The maximum Gasteiger partial charge on any atom is 0.255 e. The summed E-state index contributed by atoms with van der Waals surface area (Å²) < 4.78 is 5.52. The Morgan fingerprint density at radius 3 is 2.81 bits per heavy atom. The van der Waals surface area contributed by atoms with Crippen LogP contribution >= 0.6 is 0 Å². The van der Waals surface area contributed by atoms with Gasteiger partial charge in [-0.25, -0.2) is 15.0 Å². The summed E-state index contributed by atoms with van der Waals surface area (Å²) in [4.78, 5) is 29.7. The quantitative estimate of drug-likeness (QED) is 0.727. The lowest BCUT2D eigenvalue weighted by atomic mass is 10.2. The molecule has 3 aromatic heterocycles. The molecule has 0 spiro atoms. The molecule has 4 rings (SSSR count). The average Bonchev–Trinajstić information content (AvgIpc) is 3.15. The number of carbonyl (C=O) groups is 1. The number of aromatic nitrogens is 4. The molecule has 0 aliphatic heterocycles. The molecule has 3 aromatic rings. The Hall–Kier alpha value is -3.03. The second kappa shape index (κ2) is 6.05. The highest BCUT2D eigenvalue weighted by Crippen LogP contribution is 2.39. The van der Waals surface area contributed by atoms with E-state index in [9.17, 15) is 4.79 Å². The summed E-state index contributed by atoms with van der Waals surface area (Å²) in [6.07, 6.45) is 5.06. The van der Waals surface area contributed by atoms with Gasteiger partial charge in [0.05, 0.1) is 23.2 Å². The van der Waals surface area contributed by atoms with E-state index in [-0.39, 0.29) is 11.4 Å². The van der Waals surface area contributed by atoms with E-state index in [1.165, 1.54) is 12.6 Å². The van der Waals surface area contributed by atoms with Crippen molar-refractivity contribution in [3.8, 4) is 0 Å². The standard InChI is InChI=1S/C18H20N6O2/c1-10-6-12(21-9-20-10)7-19-16(25)13-8-26-17-14(13)15(22-11(2)23-17)24-18(3)4-5-18/h6,8-9H,4-5,7H2,1-3H3,(H,19,25)(H,22,23,24). The average molecular weight is 352 g/mol. The van der Waals surface area contributed by atoms with Crippen molar-refractivity contribution in [2.24, 2.45) is 0 Å². The van der Waals surface area contributed by atoms with Crippen LogP contribution in [0.2, 0.25) is 0 Å². The third kappa shape index (κ3) is 3.22. The molecule has 0 bridgehead atoms. The van der Waals surface area contributed by atoms with Gasteiger partial charge in [0, 0.05) is 11.2 Å². The van der Waals surface area contributed by atoms with Crippen molar-refractivity contribution < 1.29 is 9.21 Å². The Bertz CT molecular complexity index is 993. The summed E-state index contributed by atoms with van der Waals surface area (Å²) in [5, 5.41) is 6.91. The minimum atomic E-state index is -0.253. The first kappa shape index (κ1) is 16.4. The van der Waals surface area contributed by atoms with E-state index in [1.54, 1.807) is 6.92 Å². The van der Waals surface area contributed by atoms with Crippen LogP contribution in [0.25, 0.3) is 11.1 Å². The molecule has 0 saturated heterocycles. The number of furan rings is 1. The van der Waals surface area contributed by atoms with Gasteiger partial charge in [0.1, 0.15) is 24.2 Å². The number of aryl methyl sites for hydroxylation is 2. The third-order valence-electron chi connectivity index (χ3n) is 4.50. The number of fused-ring (bicyclic) bond motifs is 1. The number of nitrogens with one attached hydrogen (secondary N) is 2. The number of carbonyl (C=O) groups excluding carboxylic acids is 1. The molecular weight excluding hydrogens is 332 g/mol. The lowest BCUT2D eigenvalue weighted by Crippen LogP contribution is -2.24. The Morgan fingerprint density at radius 1 is 1.27 bits per heavy atom. The van der Waals surface area contributed by atoms with E-state index < -0.39 is 0 Å². The zero-order chi connectivity index (χ0) is 18.3. The van der Waals surface area contributed by atoms with E-state index in [4.69, 9.17) is 4.42 Å². The van der Waals surface area contributed by atoms with Crippen LogP contribution in [0, 0.1) is 13.8 Å². The van der Waals surface area contributed by atoms with Crippen molar-refractivity contribution >= 4 is 22.8 Å². The fraction of sp³-hybridized carbons (Fsp3) is 0.389. The molecule has 1 saturated carbocycles. The maximum atomic E-state index is 12.7. The molecule has 1 amide bonds. The fourth-order valence-corrected chi connectivity index (χ4v) is 2.78. The van der Waals surface area contributed by atoms with Crippen LogP contribution in [0.4, 0.5) is 5.82 Å². The lowest BCUT2D eigenvalue weighted by molar-refractivity contribution is 0.0951. The molecule has 8 nitrogen and oxygen atoms in total. The van der Waals surface area contributed by atoms with Crippen molar-refractivity contribution in [2.75, 3.05) is 5.32 Å². The van der Waals surface area contributed by atoms with E-state index in [2.05, 4.69) is 37.5 Å². The van der Waals surface area contributed by atoms with E-state index in [0.29, 0.717) is 34.9 Å². The van der Waals surface area contributed by atoms with Crippen molar-refractivity contribution in [1.82, 2.24) is 25.3 Å². The first-order chi connectivity index (χ1) is 12.4.